The van der Waals surface area contributed by atoms with Crippen LogP contribution in [-0.2, 0) is 0 Å². The Morgan fingerprint density at radius 3 is 2.60 bits per heavy atom. The molecule has 1 unspecified atom stereocenters. The number of halogens is 2. The van der Waals surface area contributed by atoms with Gasteiger partial charge in [0.1, 0.15) is 0 Å². The fourth-order valence-electron chi connectivity index (χ4n) is 2.56. The summed E-state index contributed by atoms with van der Waals surface area (Å²) in [6, 6.07) is 13.2. The van der Waals surface area contributed by atoms with E-state index in [0.29, 0.717) is 15.2 Å². The minimum atomic E-state index is -0.135. The molecule has 0 aliphatic heterocycles. The van der Waals surface area contributed by atoms with E-state index in [2.05, 4.69) is 9.98 Å². The first kappa shape index (κ1) is 17.9. The predicted molar refractivity (Wildman–Crippen MR) is 107 cm³/mol. The second kappa shape index (κ2) is 7.95. The molecule has 1 atom stereocenters. The summed E-state index contributed by atoms with van der Waals surface area (Å²) in [5, 5.41) is 1.81. The van der Waals surface area contributed by atoms with Crippen molar-refractivity contribution in [3.05, 3.63) is 82.4 Å². The molecule has 7 heteroatoms. The van der Waals surface area contributed by atoms with Gasteiger partial charge in [0.15, 0.2) is 5.17 Å². The van der Waals surface area contributed by atoms with Gasteiger partial charge in [-0.15, -0.1) is 0 Å². The number of amidine groups is 1. The number of rotatable bonds is 4. The average molecular weight is 391 g/mol. The lowest BCUT2D eigenvalue weighted by Gasteiger charge is -2.21. The Morgan fingerprint density at radius 1 is 1.20 bits per heavy atom. The second-order valence-corrected chi connectivity index (χ2v) is 6.99. The summed E-state index contributed by atoms with van der Waals surface area (Å²) in [5.41, 5.74) is 8.53. The Labute approximate surface area is 160 Å². The van der Waals surface area contributed by atoms with Crippen LogP contribution in [0.1, 0.15) is 17.2 Å². The van der Waals surface area contributed by atoms with Crippen molar-refractivity contribution in [2.45, 2.75) is 6.04 Å². The van der Waals surface area contributed by atoms with Crippen molar-refractivity contribution in [1.82, 2.24) is 9.55 Å². The van der Waals surface area contributed by atoms with Gasteiger partial charge in [0.2, 0.25) is 0 Å². The van der Waals surface area contributed by atoms with Crippen molar-refractivity contribution in [3.8, 4) is 0 Å². The van der Waals surface area contributed by atoms with E-state index in [1.165, 1.54) is 11.8 Å². The molecule has 25 heavy (non-hydrogen) atoms. The summed E-state index contributed by atoms with van der Waals surface area (Å²) >= 11 is 14.0. The zero-order valence-electron chi connectivity index (χ0n) is 13.4. The zero-order chi connectivity index (χ0) is 17.8. The number of benzene rings is 2. The van der Waals surface area contributed by atoms with Crippen LogP contribution in [-0.4, -0.2) is 21.0 Å². The normalized spacial score (nSPS) is 13.0. The number of aliphatic imine (C=N–C) groups is 1. The third-order valence-electron chi connectivity index (χ3n) is 3.73. The van der Waals surface area contributed by atoms with E-state index in [4.69, 9.17) is 28.9 Å². The lowest BCUT2D eigenvalue weighted by Crippen LogP contribution is -2.11. The Hall–Kier alpha value is -1.95. The van der Waals surface area contributed by atoms with Crippen LogP contribution in [0.15, 0.2) is 66.2 Å². The third kappa shape index (κ3) is 4.18. The molecule has 3 rings (SSSR count). The maximum Gasteiger partial charge on any atom is 0.158 e. The highest BCUT2D eigenvalue weighted by Gasteiger charge is 2.19. The van der Waals surface area contributed by atoms with Gasteiger partial charge in [-0.1, -0.05) is 47.1 Å². The zero-order valence-corrected chi connectivity index (χ0v) is 15.8. The molecule has 0 saturated carbocycles. The molecule has 1 heterocycles. The average Bonchev–Trinajstić information content (AvgIpc) is 3.14. The van der Waals surface area contributed by atoms with Gasteiger partial charge in [-0.05, 0) is 47.7 Å². The van der Waals surface area contributed by atoms with E-state index >= 15 is 0 Å². The standard InChI is InChI=1S/C18H16Cl2N4S/c1-25-18(21)23-14-5-2-12(3-6-14)17(24-9-8-22-11-24)15-10-13(19)4-7-16(15)20/h2-11,17H,1H3,(H2,21,23). The maximum atomic E-state index is 6.44. The number of imidazole rings is 1. The number of hydrogen-bond acceptors (Lipinski definition) is 3. The van der Waals surface area contributed by atoms with E-state index in [1.807, 2.05) is 47.4 Å². The summed E-state index contributed by atoms with van der Waals surface area (Å²) < 4.78 is 1.99. The second-order valence-electron chi connectivity index (χ2n) is 5.32. The van der Waals surface area contributed by atoms with Crippen molar-refractivity contribution in [3.63, 3.8) is 0 Å². The minimum Gasteiger partial charge on any atom is -0.378 e. The van der Waals surface area contributed by atoms with Gasteiger partial charge in [-0.3, -0.25) is 0 Å². The number of thioether (sulfide) groups is 1. The van der Waals surface area contributed by atoms with Crippen LogP contribution >= 0.6 is 35.0 Å². The Morgan fingerprint density at radius 2 is 1.96 bits per heavy atom. The van der Waals surface area contributed by atoms with Gasteiger partial charge in [0, 0.05) is 22.4 Å². The number of hydrogen-bond donors (Lipinski definition) is 1. The molecule has 0 radical (unpaired) electrons. The van der Waals surface area contributed by atoms with Crippen molar-refractivity contribution in [2.75, 3.05) is 6.26 Å². The van der Waals surface area contributed by atoms with E-state index in [9.17, 15) is 0 Å². The van der Waals surface area contributed by atoms with Crippen molar-refractivity contribution >= 4 is 45.8 Å². The summed E-state index contributed by atoms with van der Waals surface area (Å²) in [5.74, 6) is 0. The van der Waals surface area contributed by atoms with Crippen LogP contribution in [0, 0.1) is 0 Å². The van der Waals surface area contributed by atoms with E-state index in [-0.39, 0.29) is 6.04 Å². The molecule has 0 amide bonds. The summed E-state index contributed by atoms with van der Waals surface area (Å²) in [4.78, 5) is 8.50. The van der Waals surface area contributed by atoms with Crippen LogP contribution in [0.25, 0.3) is 0 Å². The summed E-state index contributed by atoms with van der Waals surface area (Å²) in [6.07, 6.45) is 7.30. The lowest BCUT2D eigenvalue weighted by molar-refractivity contribution is 0.677. The Balaban J connectivity index is 2.06. The van der Waals surface area contributed by atoms with Gasteiger partial charge < -0.3 is 10.3 Å². The van der Waals surface area contributed by atoms with Crippen LogP contribution in [0.3, 0.4) is 0 Å². The van der Waals surface area contributed by atoms with E-state index < -0.39 is 0 Å². The molecule has 0 aliphatic carbocycles. The third-order valence-corrected chi connectivity index (χ3v) is 4.82. The van der Waals surface area contributed by atoms with E-state index in [0.717, 1.165) is 16.8 Å². The lowest BCUT2D eigenvalue weighted by atomic mass is 9.98. The maximum absolute atomic E-state index is 6.44. The van der Waals surface area contributed by atoms with Crippen LogP contribution in [0.5, 0.6) is 0 Å². The highest BCUT2D eigenvalue weighted by atomic mass is 35.5. The molecule has 128 valence electrons. The first-order chi connectivity index (χ1) is 12.1. The first-order valence-electron chi connectivity index (χ1n) is 7.49. The molecule has 4 nitrogen and oxygen atoms in total. The number of nitrogens with zero attached hydrogens (tertiary/aromatic N) is 3. The molecule has 2 aromatic carbocycles. The number of aromatic nitrogens is 2. The summed E-state index contributed by atoms with van der Waals surface area (Å²) in [7, 11) is 0. The molecule has 0 spiro atoms. The Kier molecular flexibility index (Phi) is 5.68. The predicted octanol–water partition coefficient (Wildman–Crippen LogP) is 5.14. The van der Waals surface area contributed by atoms with Gasteiger partial charge in [0.25, 0.3) is 0 Å². The first-order valence-corrected chi connectivity index (χ1v) is 9.47. The van der Waals surface area contributed by atoms with Gasteiger partial charge >= 0.3 is 0 Å². The van der Waals surface area contributed by atoms with Gasteiger partial charge in [0.05, 0.1) is 18.1 Å². The monoisotopic (exact) mass is 390 g/mol. The molecule has 3 aromatic rings. The molecule has 0 bridgehead atoms. The topological polar surface area (TPSA) is 56.2 Å². The molecular formula is C18H16Cl2N4S. The molecule has 0 aliphatic rings. The van der Waals surface area contributed by atoms with Crippen LogP contribution in [0.2, 0.25) is 10.0 Å². The highest BCUT2D eigenvalue weighted by molar-refractivity contribution is 8.13. The largest absolute Gasteiger partial charge is 0.378 e. The highest BCUT2D eigenvalue weighted by Crippen LogP contribution is 2.34. The number of nitrogens with two attached hydrogens (primary N) is 1. The molecule has 1 aromatic heterocycles. The Bertz CT molecular complexity index is 877. The fraction of sp³-hybridized carbons (Fsp3) is 0.111. The minimum absolute atomic E-state index is 0.135. The van der Waals surface area contributed by atoms with Crippen LogP contribution < -0.4 is 5.73 Å². The smallest absolute Gasteiger partial charge is 0.158 e. The van der Waals surface area contributed by atoms with Crippen molar-refractivity contribution < 1.29 is 0 Å². The van der Waals surface area contributed by atoms with E-state index in [1.54, 1.807) is 24.7 Å². The molecule has 2 N–H and O–H groups in total. The van der Waals surface area contributed by atoms with Crippen molar-refractivity contribution in [2.24, 2.45) is 10.7 Å². The van der Waals surface area contributed by atoms with Gasteiger partial charge in [-0.25, -0.2) is 9.98 Å². The fourth-order valence-corrected chi connectivity index (χ4v) is 3.16. The van der Waals surface area contributed by atoms with Crippen LogP contribution in [0.4, 0.5) is 5.69 Å². The molecule has 0 saturated heterocycles. The quantitative estimate of drug-likeness (QED) is 0.495. The summed E-state index contributed by atoms with van der Waals surface area (Å²) in [6.45, 7) is 0. The SMILES string of the molecule is CSC(N)=Nc1ccc(C(c2cc(Cl)ccc2Cl)n2ccnc2)cc1. The molecule has 0 fully saturated rings. The molecular weight excluding hydrogens is 375 g/mol. The van der Waals surface area contributed by atoms with Gasteiger partial charge in [-0.2, -0.15) is 0 Å². The van der Waals surface area contributed by atoms with Crippen molar-refractivity contribution in [1.29, 1.82) is 0 Å².